The molecule has 2 N–H and O–H groups in total. The second-order valence-corrected chi connectivity index (χ2v) is 9.48. The summed E-state index contributed by atoms with van der Waals surface area (Å²) in [4.78, 5) is 0.438. The molecule has 0 aliphatic carbocycles. The van der Waals surface area contributed by atoms with E-state index in [9.17, 15) is 18.9 Å². The molecule has 0 bridgehead atoms. The van der Waals surface area contributed by atoms with Gasteiger partial charge in [0.25, 0.3) is 0 Å². The fourth-order valence-electron chi connectivity index (χ4n) is 2.71. The van der Waals surface area contributed by atoms with Gasteiger partial charge in [0.2, 0.25) is 0 Å². The normalized spacial score (nSPS) is 11.4. The molecule has 0 aliphatic heterocycles. The van der Waals surface area contributed by atoms with Gasteiger partial charge in [0.05, 0.1) is 45.6 Å². The molecule has 0 radical (unpaired) electrons. The van der Waals surface area contributed by atoms with Crippen LogP contribution < -0.4 is 75.4 Å². The molecular weight excluding hydrogens is 544 g/mol. The van der Waals surface area contributed by atoms with Crippen LogP contribution in [0.3, 0.4) is 0 Å². The van der Waals surface area contributed by atoms with Crippen molar-refractivity contribution in [3.05, 3.63) is 54.6 Å². The zero-order valence-electron chi connectivity index (χ0n) is 18.5. The quantitative estimate of drug-likeness (QED) is 0.0444. The zero-order valence-corrected chi connectivity index (χ0v) is 24.9. The maximum atomic E-state index is 12.3. The maximum absolute atomic E-state index is 12.3. The van der Waals surface area contributed by atoms with Crippen LogP contribution in [0, 0.1) is 0 Å². The number of hydrogen-bond donors (Lipinski definition) is 1. The molecule has 0 saturated heterocycles. The molecule has 0 saturated carbocycles. The van der Waals surface area contributed by atoms with E-state index < -0.39 is 9.84 Å². The van der Waals surface area contributed by atoms with Crippen LogP contribution in [0.15, 0.2) is 74.6 Å². The number of azo groups is 1. The third-order valence-corrected chi connectivity index (χ3v) is 6.86. The van der Waals surface area contributed by atoms with E-state index in [4.69, 9.17) is 9.92 Å². The van der Waals surface area contributed by atoms with Gasteiger partial charge in [-0.25, -0.2) is 8.42 Å². The molecule has 0 aliphatic rings. The number of rotatable bonds is 12. The standard InChI is InChI=1S/C18H17N3O9S3.2Na/c19-17-15-4-2-1-3-12(15)11-16(31-29-27-22)18(17)21-20-13-5-7-14(8-6-13)33(24,25)10-9-26-32-30-28-23;;/h1-8,11,22-23H,9-10,19H2;;/q;2*+1/p-2. The first-order valence-corrected chi connectivity index (χ1v) is 12.0. The van der Waals surface area contributed by atoms with Crippen molar-refractivity contribution in [2.24, 2.45) is 10.2 Å². The molecule has 0 heterocycles. The van der Waals surface area contributed by atoms with Crippen LogP contribution in [0.5, 0.6) is 0 Å². The topological polar surface area (TPSA) is 177 Å². The van der Waals surface area contributed by atoms with Crippen molar-refractivity contribution >= 4 is 62.0 Å². The van der Waals surface area contributed by atoms with Crippen molar-refractivity contribution in [2.45, 2.75) is 9.79 Å². The molecule has 0 spiro atoms. The Morgan fingerprint density at radius 1 is 0.943 bits per heavy atom. The van der Waals surface area contributed by atoms with Gasteiger partial charge in [-0.3, -0.25) is 14.3 Å². The minimum atomic E-state index is -3.65. The van der Waals surface area contributed by atoms with E-state index in [1.54, 1.807) is 6.07 Å². The molecular formula is C18H15N3Na2O9S3. The third kappa shape index (κ3) is 9.50. The second-order valence-electron chi connectivity index (χ2n) is 6.12. The van der Waals surface area contributed by atoms with Gasteiger partial charge >= 0.3 is 59.1 Å². The monoisotopic (exact) mass is 559 g/mol. The van der Waals surface area contributed by atoms with Crippen LogP contribution >= 0.6 is 24.4 Å². The summed E-state index contributed by atoms with van der Waals surface area (Å²) >= 11 is 0.865. The SMILES string of the molecule is Nc1c(N=Nc2ccc(S(=O)(=O)CCOSOO[O-])cc2)c(SOO[O-])cc2ccccc12.[Na+].[Na+]. The summed E-state index contributed by atoms with van der Waals surface area (Å²) in [5, 5.41) is 36.2. The summed E-state index contributed by atoms with van der Waals surface area (Å²) in [5.74, 6) is -0.348. The molecule has 0 fully saturated rings. The van der Waals surface area contributed by atoms with E-state index in [1.165, 1.54) is 24.3 Å². The van der Waals surface area contributed by atoms with Crippen molar-refractivity contribution in [3.8, 4) is 0 Å². The second kappa shape index (κ2) is 16.5. The van der Waals surface area contributed by atoms with E-state index in [-0.39, 0.29) is 94.4 Å². The number of nitrogens with zero attached hydrogens (tertiary/aromatic N) is 2. The summed E-state index contributed by atoms with van der Waals surface area (Å²) < 4.78 is 37.7. The first kappa shape index (κ1) is 32.7. The van der Waals surface area contributed by atoms with Crippen molar-refractivity contribution < 1.29 is 101 Å². The summed E-state index contributed by atoms with van der Waals surface area (Å²) in [6, 6.07) is 14.7. The molecule has 0 aromatic heterocycles. The maximum Gasteiger partial charge on any atom is 1.00 e. The molecule has 3 aromatic rings. The molecule has 0 amide bonds. The number of fused-ring (bicyclic) bond motifs is 1. The number of nitrogen functional groups attached to an aromatic ring is 1. The van der Waals surface area contributed by atoms with Crippen molar-refractivity contribution in [3.63, 3.8) is 0 Å². The van der Waals surface area contributed by atoms with Crippen LogP contribution in [0.1, 0.15) is 0 Å². The number of benzene rings is 3. The fraction of sp³-hybridized carbons (Fsp3) is 0.111. The average molecular weight is 560 g/mol. The van der Waals surface area contributed by atoms with E-state index in [1.807, 2.05) is 24.3 Å². The van der Waals surface area contributed by atoms with Crippen molar-refractivity contribution in [2.75, 3.05) is 18.1 Å². The van der Waals surface area contributed by atoms with Gasteiger partial charge in [-0.15, -0.1) is 9.45 Å². The first-order chi connectivity index (χ1) is 16.0. The molecule has 12 nitrogen and oxygen atoms in total. The average Bonchev–Trinajstić information content (AvgIpc) is 2.82. The van der Waals surface area contributed by atoms with Gasteiger partial charge in [-0.1, -0.05) is 24.3 Å². The summed E-state index contributed by atoms with van der Waals surface area (Å²) in [6.07, 6.45) is 0. The molecule has 3 rings (SSSR count). The van der Waals surface area contributed by atoms with Crippen molar-refractivity contribution in [1.82, 2.24) is 0 Å². The van der Waals surface area contributed by atoms with E-state index >= 15 is 0 Å². The van der Waals surface area contributed by atoms with Gasteiger partial charge < -0.3 is 16.2 Å². The summed E-state index contributed by atoms with van der Waals surface area (Å²) in [5.41, 5.74) is 7.17. The minimum absolute atomic E-state index is 0. The summed E-state index contributed by atoms with van der Waals surface area (Å²) in [7, 11) is -3.65. The molecule has 3 aromatic carbocycles. The number of hydrogen-bond acceptors (Lipinski definition) is 14. The van der Waals surface area contributed by atoms with E-state index in [0.717, 1.165) is 10.8 Å². The van der Waals surface area contributed by atoms with Crippen LogP contribution in [0.2, 0.25) is 0 Å². The van der Waals surface area contributed by atoms with Gasteiger partial charge in [-0.05, 0) is 35.7 Å². The summed E-state index contributed by atoms with van der Waals surface area (Å²) in [6.45, 7) is -0.228. The van der Waals surface area contributed by atoms with Crippen molar-refractivity contribution in [1.29, 1.82) is 0 Å². The third-order valence-electron chi connectivity index (χ3n) is 4.18. The smallest absolute Gasteiger partial charge is 0.691 e. The Morgan fingerprint density at radius 3 is 2.31 bits per heavy atom. The molecule has 0 atom stereocenters. The number of anilines is 1. The minimum Gasteiger partial charge on any atom is -0.691 e. The molecule has 176 valence electrons. The Hall–Kier alpha value is -0.310. The fourth-order valence-corrected chi connectivity index (χ4v) is 4.62. The van der Waals surface area contributed by atoms with Crippen LogP contribution in [0.4, 0.5) is 17.1 Å². The Bertz CT molecular complexity index is 1220. The molecule has 17 heteroatoms. The number of nitrogens with two attached hydrogens (primary N) is 1. The predicted octanol–water partition coefficient (Wildman–Crippen LogP) is -3.35. The molecule has 0 unspecified atom stereocenters. The molecule has 35 heavy (non-hydrogen) atoms. The van der Waals surface area contributed by atoms with Gasteiger partial charge in [-0.2, -0.15) is 9.45 Å². The predicted molar refractivity (Wildman–Crippen MR) is 115 cm³/mol. The Balaban J connectivity index is 0.00000306. The van der Waals surface area contributed by atoms with E-state index in [2.05, 4.69) is 29.0 Å². The van der Waals surface area contributed by atoms with E-state index in [0.29, 0.717) is 28.3 Å². The largest absolute Gasteiger partial charge is 1.00 e. The first-order valence-electron chi connectivity index (χ1n) is 8.90. The Morgan fingerprint density at radius 2 is 1.63 bits per heavy atom. The van der Waals surface area contributed by atoms with Gasteiger partial charge in [0.1, 0.15) is 5.69 Å². The van der Waals surface area contributed by atoms with Gasteiger partial charge in [0, 0.05) is 5.39 Å². The number of sulfone groups is 1. The van der Waals surface area contributed by atoms with Crippen LogP contribution in [-0.2, 0) is 32.8 Å². The van der Waals surface area contributed by atoms with Crippen LogP contribution in [-0.4, -0.2) is 20.8 Å². The van der Waals surface area contributed by atoms with Crippen LogP contribution in [0.25, 0.3) is 10.8 Å². The Labute approximate surface area is 253 Å². The van der Waals surface area contributed by atoms with Gasteiger partial charge in [0.15, 0.2) is 22.2 Å². The zero-order chi connectivity index (χ0) is 23.7. The Kier molecular flexibility index (Phi) is 15.4.